The van der Waals surface area contributed by atoms with E-state index < -0.39 is 11.8 Å². The van der Waals surface area contributed by atoms with Crippen LogP contribution >= 0.6 is 0 Å². The minimum Gasteiger partial charge on any atom is -0.455 e. The van der Waals surface area contributed by atoms with Crippen LogP contribution in [0.25, 0.3) is 0 Å². The van der Waals surface area contributed by atoms with Crippen LogP contribution in [0.3, 0.4) is 0 Å². The zero-order valence-electron chi connectivity index (χ0n) is 11.1. The molecule has 2 rings (SSSR count). The number of rotatable bonds is 6. The number of ketones is 1. The van der Waals surface area contributed by atoms with Crippen LogP contribution in [0.1, 0.15) is 17.5 Å². The Kier molecular flexibility index (Phi) is 5.07. The van der Waals surface area contributed by atoms with Gasteiger partial charge in [0.05, 0.1) is 0 Å². The summed E-state index contributed by atoms with van der Waals surface area (Å²) in [5.74, 6) is -1.24. The second-order valence-electron chi connectivity index (χ2n) is 4.47. The van der Waals surface area contributed by atoms with E-state index in [0.717, 1.165) is 11.1 Å². The zero-order valence-corrected chi connectivity index (χ0v) is 11.1. The summed E-state index contributed by atoms with van der Waals surface area (Å²) in [6.07, 6.45) is 0.734. The van der Waals surface area contributed by atoms with Crippen molar-refractivity contribution in [3.63, 3.8) is 0 Å². The third-order valence-electron chi connectivity index (χ3n) is 2.92. The Labute approximate surface area is 118 Å². The highest BCUT2D eigenvalue weighted by Gasteiger charge is 2.15. The summed E-state index contributed by atoms with van der Waals surface area (Å²) in [4.78, 5) is 23.2. The Bertz CT molecular complexity index is 508. The normalized spacial score (nSPS) is 10.0. The van der Waals surface area contributed by atoms with Gasteiger partial charge < -0.3 is 4.74 Å². The van der Waals surface area contributed by atoms with Gasteiger partial charge in [-0.25, -0.2) is 4.79 Å². The highest BCUT2D eigenvalue weighted by atomic mass is 16.5. The van der Waals surface area contributed by atoms with Gasteiger partial charge in [0.2, 0.25) is 5.78 Å². The molecule has 0 amide bonds. The molecular weight excluding hydrogens is 252 g/mol. The maximum Gasteiger partial charge on any atom is 0.374 e. The summed E-state index contributed by atoms with van der Waals surface area (Å²) in [5.41, 5.74) is 1.91. The van der Waals surface area contributed by atoms with Crippen LogP contribution in [0.5, 0.6) is 0 Å². The number of aryl methyl sites for hydroxylation is 1. The van der Waals surface area contributed by atoms with Crippen molar-refractivity contribution in [2.24, 2.45) is 0 Å². The maximum atomic E-state index is 11.7. The predicted octanol–water partition coefficient (Wildman–Crippen LogP) is 2.93. The van der Waals surface area contributed by atoms with Crippen molar-refractivity contribution in [3.8, 4) is 0 Å². The number of hydrogen-bond donors (Lipinski definition) is 0. The number of ether oxygens (including phenoxy) is 1. The van der Waals surface area contributed by atoms with Gasteiger partial charge in [0.15, 0.2) is 0 Å². The second kappa shape index (κ2) is 7.24. The number of benzene rings is 2. The summed E-state index contributed by atoms with van der Waals surface area (Å²) in [6.45, 7) is 0.136. The number of hydrogen-bond acceptors (Lipinski definition) is 3. The lowest BCUT2D eigenvalue weighted by Gasteiger charge is -2.04. The van der Waals surface area contributed by atoms with Crippen molar-refractivity contribution in [1.82, 2.24) is 0 Å². The Morgan fingerprint density at radius 3 is 1.95 bits per heavy atom. The first kappa shape index (κ1) is 14.0. The molecule has 0 aromatic heterocycles. The number of esters is 1. The van der Waals surface area contributed by atoms with Gasteiger partial charge in [-0.1, -0.05) is 60.7 Å². The van der Waals surface area contributed by atoms with E-state index in [1.54, 1.807) is 0 Å². The largest absolute Gasteiger partial charge is 0.455 e. The Morgan fingerprint density at radius 1 is 0.800 bits per heavy atom. The highest BCUT2D eigenvalue weighted by molar-refractivity contribution is 6.33. The van der Waals surface area contributed by atoms with Gasteiger partial charge in [-0.15, -0.1) is 0 Å². The van der Waals surface area contributed by atoms with E-state index in [0.29, 0.717) is 6.42 Å². The lowest BCUT2D eigenvalue weighted by molar-refractivity contribution is -0.154. The second-order valence-corrected chi connectivity index (χ2v) is 4.47. The predicted molar refractivity (Wildman–Crippen MR) is 76.0 cm³/mol. The van der Waals surface area contributed by atoms with Crippen molar-refractivity contribution < 1.29 is 14.3 Å². The van der Waals surface area contributed by atoms with Crippen molar-refractivity contribution in [1.29, 1.82) is 0 Å². The third-order valence-corrected chi connectivity index (χ3v) is 2.92. The van der Waals surface area contributed by atoms with E-state index in [4.69, 9.17) is 4.74 Å². The monoisotopic (exact) mass is 268 g/mol. The number of carbonyl (C=O) groups is 2. The molecule has 2 aromatic carbocycles. The van der Waals surface area contributed by atoms with Crippen molar-refractivity contribution in [3.05, 3.63) is 71.8 Å². The van der Waals surface area contributed by atoms with Crippen molar-refractivity contribution in [2.45, 2.75) is 19.4 Å². The summed E-state index contributed by atoms with van der Waals surface area (Å²) < 4.78 is 4.99. The van der Waals surface area contributed by atoms with Gasteiger partial charge in [0.1, 0.15) is 6.61 Å². The number of Topliss-reactive ketones (excluding diaryl/α,β-unsaturated/α-hetero) is 1. The molecule has 0 atom stereocenters. The van der Waals surface area contributed by atoms with E-state index in [-0.39, 0.29) is 13.0 Å². The molecule has 0 saturated heterocycles. The van der Waals surface area contributed by atoms with E-state index in [1.165, 1.54) is 0 Å². The first-order valence-electron chi connectivity index (χ1n) is 6.53. The van der Waals surface area contributed by atoms with Crippen LogP contribution in [-0.4, -0.2) is 11.8 Å². The molecule has 0 aliphatic carbocycles. The molecule has 0 saturated carbocycles. The van der Waals surface area contributed by atoms with Crippen LogP contribution in [0.15, 0.2) is 60.7 Å². The van der Waals surface area contributed by atoms with E-state index in [9.17, 15) is 9.59 Å². The maximum absolute atomic E-state index is 11.7. The summed E-state index contributed by atoms with van der Waals surface area (Å²) in [6, 6.07) is 18.9. The molecule has 3 nitrogen and oxygen atoms in total. The van der Waals surface area contributed by atoms with Gasteiger partial charge in [-0.3, -0.25) is 4.79 Å². The molecule has 0 bridgehead atoms. The molecular formula is C17H16O3. The molecule has 20 heavy (non-hydrogen) atoms. The minimum atomic E-state index is -0.759. The molecule has 2 aromatic rings. The topological polar surface area (TPSA) is 43.4 Å². The number of carbonyl (C=O) groups excluding carboxylic acids is 2. The first-order chi connectivity index (χ1) is 9.75. The van der Waals surface area contributed by atoms with Gasteiger partial charge in [-0.05, 0) is 17.5 Å². The summed E-state index contributed by atoms with van der Waals surface area (Å²) >= 11 is 0. The van der Waals surface area contributed by atoms with Gasteiger partial charge in [0, 0.05) is 6.42 Å². The molecule has 102 valence electrons. The third kappa shape index (κ3) is 4.35. The fourth-order valence-corrected chi connectivity index (χ4v) is 1.81. The molecule has 0 aliphatic rings. The van der Waals surface area contributed by atoms with Crippen LogP contribution in [-0.2, 0) is 27.4 Å². The average Bonchev–Trinajstić information content (AvgIpc) is 2.52. The van der Waals surface area contributed by atoms with Crippen LogP contribution < -0.4 is 0 Å². The van der Waals surface area contributed by atoms with E-state index in [2.05, 4.69) is 0 Å². The van der Waals surface area contributed by atoms with Gasteiger partial charge in [0.25, 0.3) is 0 Å². The quantitative estimate of drug-likeness (QED) is 0.597. The van der Waals surface area contributed by atoms with Crippen molar-refractivity contribution in [2.75, 3.05) is 0 Å². The van der Waals surface area contributed by atoms with E-state index >= 15 is 0 Å². The van der Waals surface area contributed by atoms with Gasteiger partial charge in [-0.2, -0.15) is 0 Å². The summed E-state index contributed by atoms with van der Waals surface area (Å²) in [5, 5.41) is 0. The fourth-order valence-electron chi connectivity index (χ4n) is 1.81. The van der Waals surface area contributed by atoms with Gasteiger partial charge >= 0.3 is 5.97 Å². The molecule has 0 radical (unpaired) electrons. The minimum absolute atomic E-state index is 0.136. The fraction of sp³-hybridized carbons (Fsp3) is 0.176. The lowest BCUT2D eigenvalue weighted by Crippen LogP contribution is -2.17. The molecule has 0 aliphatic heterocycles. The Balaban J connectivity index is 1.76. The van der Waals surface area contributed by atoms with Crippen LogP contribution in [0.2, 0.25) is 0 Å². The lowest BCUT2D eigenvalue weighted by atomic mass is 10.1. The smallest absolute Gasteiger partial charge is 0.374 e. The molecule has 0 heterocycles. The SMILES string of the molecule is O=C(CCc1ccccc1)C(=O)OCc1ccccc1. The summed E-state index contributed by atoms with van der Waals surface area (Å²) in [7, 11) is 0. The van der Waals surface area contributed by atoms with Crippen LogP contribution in [0, 0.1) is 0 Å². The highest BCUT2D eigenvalue weighted by Crippen LogP contribution is 2.05. The molecule has 3 heteroatoms. The zero-order chi connectivity index (χ0) is 14.2. The van der Waals surface area contributed by atoms with Crippen LogP contribution in [0.4, 0.5) is 0 Å². The van der Waals surface area contributed by atoms with Crippen molar-refractivity contribution >= 4 is 11.8 Å². The standard InChI is InChI=1S/C17H16O3/c18-16(12-11-14-7-3-1-4-8-14)17(19)20-13-15-9-5-2-6-10-15/h1-10H,11-13H2. The van der Waals surface area contributed by atoms with E-state index in [1.807, 2.05) is 60.7 Å². The Hall–Kier alpha value is -2.42. The molecule has 0 unspecified atom stereocenters. The Morgan fingerprint density at radius 2 is 1.35 bits per heavy atom. The average molecular weight is 268 g/mol. The molecule has 0 fully saturated rings. The molecule has 0 N–H and O–H groups in total. The first-order valence-corrected chi connectivity index (χ1v) is 6.53. The molecule has 0 spiro atoms.